The minimum Gasteiger partial charge on any atom is -0.445 e. The van der Waals surface area contributed by atoms with Crippen LogP contribution >= 0.6 is 0 Å². The predicted octanol–water partition coefficient (Wildman–Crippen LogP) is 5.53. The minimum atomic E-state index is -0.461. The number of nitrogens with zero attached hydrogens (tertiary/aromatic N) is 1. The van der Waals surface area contributed by atoms with E-state index in [9.17, 15) is 9.59 Å². The first-order valence-electron chi connectivity index (χ1n) is 12.8. The third-order valence-corrected chi connectivity index (χ3v) is 6.67. The van der Waals surface area contributed by atoms with Crippen LogP contribution in [-0.4, -0.2) is 55.0 Å². The molecule has 2 amide bonds. The van der Waals surface area contributed by atoms with Crippen molar-refractivity contribution in [2.75, 3.05) is 26.3 Å². The molecule has 1 saturated carbocycles. The van der Waals surface area contributed by atoms with Crippen molar-refractivity contribution in [3.8, 4) is 0 Å². The standard InChI is InChI=1S/C27H42N2O5/c1-27(2,3)34-25(30)28-24-11-9-23(10-12-24)19-32-18-15-21-13-16-29(17-14-21)26(31)33-20-22-7-5-4-6-8-22/h4-8,21,23-24H,9-20H2,1-3H3,(H,28,30). The second-order valence-electron chi connectivity index (χ2n) is 10.7. The van der Waals surface area contributed by atoms with Gasteiger partial charge in [-0.3, -0.25) is 0 Å². The van der Waals surface area contributed by atoms with E-state index in [1.807, 2.05) is 56.0 Å². The van der Waals surface area contributed by atoms with Crippen LogP contribution in [0.2, 0.25) is 0 Å². The molecule has 34 heavy (non-hydrogen) atoms. The van der Waals surface area contributed by atoms with Crippen molar-refractivity contribution in [1.29, 1.82) is 0 Å². The lowest BCUT2D eigenvalue weighted by Crippen LogP contribution is -2.41. The summed E-state index contributed by atoms with van der Waals surface area (Å²) in [5, 5.41) is 2.99. The average Bonchev–Trinajstić information content (AvgIpc) is 2.81. The Labute approximate surface area is 204 Å². The molecule has 0 radical (unpaired) electrons. The van der Waals surface area contributed by atoms with Crippen LogP contribution in [0.25, 0.3) is 0 Å². The summed E-state index contributed by atoms with van der Waals surface area (Å²) in [5.74, 6) is 1.17. The first-order valence-corrected chi connectivity index (χ1v) is 12.8. The molecular weight excluding hydrogens is 432 g/mol. The third-order valence-electron chi connectivity index (χ3n) is 6.67. The van der Waals surface area contributed by atoms with Gasteiger partial charge in [0.1, 0.15) is 12.2 Å². The molecule has 0 unspecified atom stereocenters. The molecule has 1 aliphatic carbocycles. The quantitative estimate of drug-likeness (QED) is 0.502. The number of ether oxygens (including phenoxy) is 3. The van der Waals surface area contributed by atoms with Crippen molar-refractivity contribution in [3.05, 3.63) is 35.9 Å². The number of hydrogen-bond donors (Lipinski definition) is 1. The number of amides is 2. The van der Waals surface area contributed by atoms with Crippen molar-refractivity contribution in [2.45, 2.75) is 84.0 Å². The number of benzene rings is 1. The van der Waals surface area contributed by atoms with Crippen LogP contribution in [0.5, 0.6) is 0 Å². The first-order chi connectivity index (χ1) is 16.3. The number of nitrogens with one attached hydrogen (secondary N) is 1. The van der Waals surface area contributed by atoms with Gasteiger partial charge in [0, 0.05) is 32.3 Å². The molecule has 3 rings (SSSR count). The molecule has 1 aliphatic heterocycles. The number of hydrogen-bond acceptors (Lipinski definition) is 5. The monoisotopic (exact) mass is 474 g/mol. The van der Waals surface area contributed by atoms with Gasteiger partial charge in [0.15, 0.2) is 0 Å². The van der Waals surface area contributed by atoms with Crippen LogP contribution in [0.3, 0.4) is 0 Å². The Hall–Kier alpha value is -2.28. The summed E-state index contributed by atoms with van der Waals surface area (Å²) in [5.41, 5.74) is 0.549. The molecule has 0 atom stereocenters. The Morgan fingerprint density at radius 1 is 0.971 bits per heavy atom. The molecule has 190 valence electrons. The highest BCUT2D eigenvalue weighted by atomic mass is 16.6. The van der Waals surface area contributed by atoms with E-state index in [4.69, 9.17) is 14.2 Å². The molecule has 0 bridgehead atoms. The maximum Gasteiger partial charge on any atom is 0.410 e. The fourth-order valence-electron chi connectivity index (χ4n) is 4.66. The smallest absolute Gasteiger partial charge is 0.410 e. The van der Waals surface area contributed by atoms with Gasteiger partial charge in [-0.15, -0.1) is 0 Å². The maximum atomic E-state index is 12.3. The summed E-state index contributed by atoms with van der Waals surface area (Å²) in [7, 11) is 0. The van der Waals surface area contributed by atoms with E-state index >= 15 is 0 Å². The number of alkyl carbamates (subject to hydrolysis) is 1. The van der Waals surface area contributed by atoms with E-state index in [1.165, 1.54) is 0 Å². The van der Waals surface area contributed by atoms with Crippen LogP contribution in [0.4, 0.5) is 9.59 Å². The molecule has 1 heterocycles. The molecule has 1 aromatic carbocycles. The minimum absolute atomic E-state index is 0.204. The van der Waals surface area contributed by atoms with Crippen LogP contribution in [0.1, 0.15) is 71.3 Å². The Kier molecular flexibility index (Phi) is 10.1. The van der Waals surface area contributed by atoms with Gasteiger partial charge >= 0.3 is 12.2 Å². The number of carbonyl (C=O) groups excluding carboxylic acids is 2. The molecule has 2 aliphatic rings. The molecule has 0 spiro atoms. The number of rotatable bonds is 8. The van der Waals surface area contributed by atoms with E-state index in [1.54, 1.807) is 0 Å². The van der Waals surface area contributed by atoms with Crippen LogP contribution in [-0.2, 0) is 20.8 Å². The van der Waals surface area contributed by atoms with Crippen LogP contribution in [0.15, 0.2) is 30.3 Å². The maximum absolute atomic E-state index is 12.3. The zero-order chi connectivity index (χ0) is 24.4. The Balaban J connectivity index is 1.21. The summed E-state index contributed by atoms with van der Waals surface area (Å²) in [6.07, 6.45) is 6.63. The second kappa shape index (κ2) is 13.0. The van der Waals surface area contributed by atoms with Gasteiger partial charge in [-0.2, -0.15) is 0 Å². The molecule has 1 aromatic rings. The van der Waals surface area contributed by atoms with Crippen molar-refractivity contribution < 1.29 is 23.8 Å². The summed E-state index contributed by atoms with van der Waals surface area (Å²) < 4.78 is 16.8. The highest BCUT2D eigenvalue weighted by Gasteiger charge is 2.26. The van der Waals surface area contributed by atoms with Crippen molar-refractivity contribution in [2.24, 2.45) is 11.8 Å². The highest BCUT2D eigenvalue weighted by molar-refractivity contribution is 5.68. The summed E-state index contributed by atoms with van der Waals surface area (Å²) in [6, 6.07) is 9.99. The largest absolute Gasteiger partial charge is 0.445 e. The number of likely N-dealkylation sites (tertiary alicyclic amines) is 1. The highest BCUT2D eigenvalue weighted by Crippen LogP contribution is 2.26. The van der Waals surface area contributed by atoms with Gasteiger partial charge in [-0.25, -0.2) is 9.59 Å². The van der Waals surface area contributed by atoms with Gasteiger partial charge in [0.05, 0.1) is 0 Å². The molecule has 1 N–H and O–H groups in total. The van der Waals surface area contributed by atoms with E-state index in [2.05, 4.69) is 5.32 Å². The van der Waals surface area contributed by atoms with Crippen LogP contribution < -0.4 is 5.32 Å². The third kappa shape index (κ3) is 9.53. The molecule has 2 fully saturated rings. The molecule has 0 aromatic heterocycles. The van der Waals surface area contributed by atoms with E-state index in [0.717, 1.165) is 76.8 Å². The Morgan fingerprint density at radius 3 is 2.29 bits per heavy atom. The van der Waals surface area contributed by atoms with Crippen molar-refractivity contribution in [1.82, 2.24) is 10.2 Å². The van der Waals surface area contributed by atoms with Crippen molar-refractivity contribution >= 4 is 12.2 Å². The van der Waals surface area contributed by atoms with Gasteiger partial charge in [-0.05, 0) is 83.1 Å². The van der Waals surface area contributed by atoms with Gasteiger partial charge < -0.3 is 24.4 Å². The molecule has 7 nitrogen and oxygen atoms in total. The SMILES string of the molecule is CC(C)(C)OC(=O)NC1CCC(COCCC2CCN(C(=O)OCc3ccccc3)CC2)CC1. The Morgan fingerprint density at radius 2 is 1.65 bits per heavy atom. The van der Waals surface area contributed by atoms with Gasteiger partial charge in [0.25, 0.3) is 0 Å². The number of piperidine rings is 1. The zero-order valence-electron chi connectivity index (χ0n) is 21.1. The lowest BCUT2D eigenvalue weighted by Gasteiger charge is -2.32. The lowest BCUT2D eigenvalue weighted by atomic mass is 9.86. The molecular formula is C27H42N2O5. The summed E-state index contributed by atoms with van der Waals surface area (Å²) >= 11 is 0. The predicted molar refractivity (Wildman–Crippen MR) is 131 cm³/mol. The average molecular weight is 475 g/mol. The van der Waals surface area contributed by atoms with E-state index < -0.39 is 5.60 Å². The topological polar surface area (TPSA) is 77.1 Å². The van der Waals surface area contributed by atoms with E-state index in [0.29, 0.717) is 18.4 Å². The van der Waals surface area contributed by atoms with Crippen molar-refractivity contribution in [3.63, 3.8) is 0 Å². The fourth-order valence-corrected chi connectivity index (χ4v) is 4.66. The summed E-state index contributed by atoms with van der Waals surface area (Å²) in [6.45, 7) is 9.05. The normalized spacial score (nSPS) is 21.7. The van der Waals surface area contributed by atoms with E-state index in [-0.39, 0.29) is 18.2 Å². The van der Waals surface area contributed by atoms with Crippen LogP contribution in [0, 0.1) is 11.8 Å². The number of carbonyl (C=O) groups is 2. The molecule has 7 heteroatoms. The zero-order valence-corrected chi connectivity index (χ0v) is 21.1. The molecule has 1 saturated heterocycles. The second-order valence-corrected chi connectivity index (χ2v) is 10.7. The van der Waals surface area contributed by atoms with Gasteiger partial charge in [-0.1, -0.05) is 30.3 Å². The summed E-state index contributed by atoms with van der Waals surface area (Å²) in [4.78, 5) is 26.1. The Bertz CT molecular complexity index is 748. The lowest BCUT2D eigenvalue weighted by molar-refractivity contribution is 0.0447. The first kappa shape index (κ1) is 26.3. The fraction of sp³-hybridized carbons (Fsp3) is 0.704. The van der Waals surface area contributed by atoms with Gasteiger partial charge in [0.2, 0.25) is 0 Å².